The van der Waals surface area contributed by atoms with Crippen LogP contribution in [0.1, 0.15) is 50.8 Å². The zero-order chi connectivity index (χ0) is 21.6. The predicted octanol–water partition coefficient (Wildman–Crippen LogP) is 4.46. The van der Waals surface area contributed by atoms with E-state index < -0.39 is 0 Å². The second kappa shape index (κ2) is 10.0. The highest BCUT2D eigenvalue weighted by molar-refractivity contribution is 5.77. The van der Waals surface area contributed by atoms with Crippen molar-refractivity contribution in [1.82, 2.24) is 19.4 Å². The molecule has 0 spiro atoms. The molecule has 0 aliphatic heterocycles. The lowest BCUT2D eigenvalue weighted by molar-refractivity contribution is 0.272. The number of likely N-dealkylation sites (N-methyl/N-ethyl adjacent to an activating group) is 1. The molecular formula is C24H34N6O. The lowest BCUT2D eigenvalue weighted by Gasteiger charge is -2.28. The SMILES string of the molecule is CCN(CCNc1cccc(OC)c1)Cc1cc2cnc(N)nc2n1C1CCCCC1. The second-order valence-electron chi connectivity index (χ2n) is 8.33. The third kappa shape index (κ3) is 5.10. The van der Waals surface area contributed by atoms with Gasteiger partial charge in [-0.15, -0.1) is 0 Å². The summed E-state index contributed by atoms with van der Waals surface area (Å²) in [5.41, 5.74) is 9.31. The molecule has 1 fully saturated rings. The molecule has 1 aromatic carbocycles. The number of nitrogens with one attached hydrogen (secondary N) is 1. The predicted molar refractivity (Wildman–Crippen MR) is 126 cm³/mol. The third-order valence-electron chi connectivity index (χ3n) is 6.27. The maximum absolute atomic E-state index is 5.94. The summed E-state index contributed by atoms with van der Waals surface area (Å²) in [5, 5.41) is 4.60. The molecule has 1 aliphatic rings. The van der Waals surface area contributed by atoms with Crippen LogP contribution in [0.2, 0.25) is 0 Å². The molecule has 0 unspecified atom stereocenters. The fourth-order valence-corrected chi connectivity index (χ4v) is 4.61. The highest BCUT2D eigenvalue weighted by atomic mass is 16.5. The summed E-state index contributed by atoms with van der Waals surface area (Å²) >= 11 is 0. The smallest absolute Gasteiger partial charge is 0.221 e. The summed E-state index contributed by atoms with van der Waals surface area (Å²) < 4.78 is 7.77. The first-order valence-corrected chi connectivity index (χ1v) is 11.4. The van der Waals surface area contributed by atoms with Gasteiger partial charge in [-0.2, -0.15) is 4.98 Å². The van der Waals surface area contributed by atoms with Crippen LogP contribution in [0, 0.1) is 0 Å². The zero-order valence-corrected chi connectivity index (χ0v) is 18.7. The number of hydrogen-bond acceptors (Lipinski definition) is 6. The molecule has 0 bridgehead atoms. The number of methoxy groups -OCH3 is 1. The summed E-state index contributed by atoms with van der Waals surface area (Å²) in [7, 11) is 1.70. The molecule has 3 aromatic rings. The minimum absolute atomic E-state index is 0.351. The Kier molecular flexibility index (Phi) is 6.92. The Morgan fingerprint density at radius 1 is 1.23 bits per heavy atom. The minimum Gasteiger partial charge on any atom is -0.497 e. The molecule has 2 heterocycles. The molecule has 31 heavy (non-hydrogen) atoms. The first-order chi connectivity index (χ1) is 15.2. The number of nitrogens with two attached hydrogens (primary N) is 1. The Morgan fingerprint density at radius 3 is 2.84 bits per heavy atom. The topological polar surface area (TPSA) is 81.2 Å². The first-order valence-electron chi connectivity index (χ1n) is 11.4. The van der Waals surface area contributed by atoms with E-state index >= 15 is 0 Å². The Labute approximate surface area is 184 Å². The van der Waals surface area contributed by atoms with Crippen LogP contribution in [0.4, 0.5) is 11.6 Å². The number of aromatic nitrogens is 3. The first kappa shape index (κ1) is 21.4. The Morgan fingerprint density at radius 2 is 2.06 bits per heavy atom. The monoisotopic (exact) mass is 422 g/mol. The molecule has 0 amide bonds. The molecule has 0 atom stereocenters. The van der Waals surface area contributed by atoms with Gasteiger partial charge in [0.1, 0.15) is 11.4 Å². The number of nitrogen functional groups attached to an aromatic ring is 1. The number of fused-ring (bicyclic) bond motifs is 1. The van der Waals surface area contributed by atoms with Crippen molar-refractivity contribution in [2.45, 2.75) is 51.6 Å². The van der Waals surface area contributed by atoms with Gasteiger partial charge >= 0.3 is 0 Å². The zero-order valence-electron chi connectivity index (χ0n) is 18.7. The molecule has 2 aromatic heterocycles. The van der Waals surface area contributed by atoms with Gasteiger partial charge in [0.05, 0.1) is 7.11 Å². The van der Waals surface area contributed by atoms with Gasteiger partial charge in [-0.05, 0) is 37.6 Å². The Hall–Kier alpha value is -2.80. The van der Waals surface area contributed by atoms with E-state index in [1.54, 1.807) is 7.11 Å². The van der Waals surface area contributed by atoms with Gasteiger partial charge in [0.25, 0.3) is 0 Å². The van der Waals surface area contributed by atoms with E-state index in [0.29, 0.717) is 12.0 Å². The molecule has 7 heteroatoms. The number of nitrogens with zero attached hydrogens (tertiary/aromatic N) is 4. The standard InChI is InChI=1S/C24H34N6O/c1-3-29(13-12-26-19-8-7-11-22(15-19)31-2)17-21-14-18-16-27-24(25)28-23(18)30(21)20-9-5-4-6-10-20/h7-8,11,14-16,20,26H,3-6,9-10,12-13,17H2,1-2H3,(H2,25,27,28). The van der Waals surface area contributed by atoms with E-state index in [-0.39, 0.29) is 0 Å². The van der Waals surface area contributed by atoms with Crippen LogP contribution in [0.25, 0.3) is 11.0 Å². The van der Waals surface area contributed by atoms with Crippen molar-refractivity contribution in [3.8, 4) is 5.75 Å². The normalized spacial score (nSPS) is 14.9. The van der Waals surface area contributed by atoms with E-state index in [4.69, 9.17) is 10.5 Å². The van der Waals surface area contributed by atoms with E-state index in [0.717, 1.165) is 48.6 Å². The van der Waals surface area contributed by atoms with Crippen LogP contribution >= 0.6 is 0 Å². The van der Waals surface area contributed by atoms with Crippen molar-refractivity contribution >= 4 is 22.7 Å². The molecule has 3 N–H and O–H groups in total. The molecule has 1 aliphatic carbocycles. The van der Waals surface area contributed by atoms with Crippen LogP contribution in [0.15, 0.2) is 36.5 Å². The van der Waals surface area contributed by atoms with Crippen LogP contribution in [-0.4, -0.2) is 46.2 Å². The fourth-order valence-electron chi connectivity index (χ4n) is 4.61. The van der Waals surface area contributed by atoms with Crippen molar-refractivity contribution in [2.24, 2.45) is 0 Å². The molecule has 4 rings (SSSR count). The summed E-state index contributed by atoms with van der Waals surface area (Å²) in [6.07, 6.45) is 8.19. The van der Waals surface area contributed by atoms with Crippen LogP contribution in [-0.2, 0) is 6.54 Å². The van der Waals surface area contributed by atoms with E-state index in [9.17, 15) is 0 Å². The van der Waals surface area contributed by atoms with Crippen LogP contribution < -0.4 is 15.8 Å². The largest absolute Gasteiger partial charge is 0.497 e. The maximum Gasteiger partial charge on any atom is 0.221 e. The molecule has 166 valence electrons. The highest BCUT2D eigenvalue weighted by Gasteiger charge is 2.22. The number of anilines is 2. The van der Waals surface area contributed by atoms with Gasteiger partial charge in [-0.3, -0.25) is 4.90 Å². The van der Waals surface area contributed by atoms with Gasteiger partial charge in [0.2, 0.25) is 5.95 Å². The fraction of sp³-hybridized carbons (Fsp3) is 0.500. The number of benzene rings is 1. The van der Waals surface area contributed by atoms with Crippen molar-refractivity contribution in [1.29, 1.82) is 0 Å². The Bertz CT molecular complexity index is 995. The van der Waals surface area contributed by atoms with Crippen LogP contribution in [0.5, 0.6) is 5.75 Å². The van der Waals surface area contributed by atoms with Gasteiger partial charge in [0, 0.05) is 54.7 Å². The summed E-state index contributed by atoms with van der Waals surface area (Å²) in [6.45, 7) is 5.92. The Balaban J connectivity index is 1.49. The molecule has 1 saturated carbocycles. The lowest BCUT2D eigenvalue weighted by Crippen LogP contribution is -2.30. The lowest BCUT2D eigenvalue weighted by atomic mass is 9.95. The molecule has 0 saturated heterocycles. The van der Waals surface area contributed by atoms with Gasteiger partial charge in [0.15, 0.2) is 0 Å². The van der Waals surface area contributed by atoms with Crippen molar-refractivity contribution in [3.05, 3.63) is 42.2 Å². The molecule has 7 nitrogen and oxygen atoms in total. The van der Waals surface area contributed by atoms with E-state index in [1.165, 1.54) is 37.8 Å². The quantitative estimate of drug-likeness (QED) is 0.530. The summed E-state index contributed by atoms with van der Waals surface area (Å²) in [6, 6.07) is 10.8. The average molecular weight is 423 g/mol. The van der Waals surface area contributed by atoms with Gasteiger partial charge < -0.3 is 20.4 Å². The number of hydrogen-bond donors (Lipinski definition) is 2. The second-order valence-corrected chi connectivity index (χ2v) is 8.33. The third-order valence-corrected chi connectivity index (χ3v) is 6.27. The average Bonchev–Trinajstić information content (AvgIpc) is 3.16. The summed E-state index contributed by atoms with van der Waals surface area (Å²) in [4.78, 5) is 11.3. The van der Waals surface area contributed by atoms with Gasteiger partial charge in [-0.1, -0.05) is 32.3 Å². The minimum atomic E-state index is 0.351. The highest BCUT2D eigenvalue weighted by Crippen LogP contribution is 2.33. The number of rotatable bonds is 9. The van der Waals surface area contributed by atoms with Crippen molar-refractivity contribution < 1.29 is 4.74 Å². The molecule has 0 radical (unpaired) electrons. The van der Waals surface area contributed by atoms with E-state index in [1.807, 2.05) is 24.4 Å². The molecular weight excluding hydrogens is 388 g/mol. The van der Waals surface area contributed by atoms with Crippen molar-refractivity contribution in [3.63, 3.8) is 0 Å². The van der Waals surface area contributed by atoms with Crippen molar-refractivity contribution in [2.75, 3.05) is 37.8 Å². The van der Waals surface area contributed by atoms with Gasteiger partial charge in [-0.25, -0.2) is 4.98 Å². The maximum atomic E-state index is 5.94. The van der Waals surface area contributed by atoms with E-state index in [2.05, 4.69) is 43.8 Å². The summed E-state index contributed by atoms with van der Waals surface area (Å²) in [5.74, 6) is 1.22. The number of ether oxygens (including phenoxy) is 1. The van der Waals surface area contributed by atoms with Crippen LogP contribution in [0.3, 0.4) is 0 Å².